The summed E-state index contributed by atoms with van der Waals surface area (Å²) in [6, 6.07) is 4.52. The number of rotatable bonds is 3. The third kappa shape index (κ3) is 3.39. The molecule has 1 N–H and O–H groups in total. The number of amides is 2. The van der Waals surface area contributed by atoms with E-state index in [-0.39, 0.29) is 12.4 Å². The number of aromatic nitrogens is 3. The molecule has 1 saturated heterocycles. The number of nitrogens with one attached hydrogen (secondary N) is 1. The smallest absolute Gasteiger partial charge is 0.344 e. The second-order valence-corrected chi connectivity index (χ2v) is 6.19. The van der Waals surface area contributed by atoms with Gasteiger partial charge >= 0.3 is 6.18 Å². The highest BCUT2D eigenvalue weighted by atomic mass is 19.4. The molecule has 1 aromatic carbocycles. The summed E-state index contributed by atoms with van der Waals surface area (Å²) in [5.41, 5.74) is -0.283. The number of likely N-dealkylation sites (tertiary alicyclic amines) is 1. The topological polar surface area (TPSA) is 80.1 Å². The first-order valence-corrected chi connectivity index (χ1v) is 7.76. The van der Waals surface area contributed by atoms with Crippen LogP contribution in [0.2, 0.25) is 0 Å². The Kier molecular flexibility index (Phi) is 4.43. The molecule has 1 fully saturated rings. The largest absolute Gasteiger partial charge is 0.416 e. The normalized spacial score (nSPS) is 20.5. The zero-order chi connectivity index (χ0) is 19.1. The first-order chi connectivity index (χ1) is 12.2. The molecular weight excluding hydrogens is 351 g/mol. The van der Waals surface area contributed by atoms with Gasteiger partial charge in [0.25, 0.3) is 0 Å². The van der Waals surface area contributed by atoms with Gasteiger partial charge in [-0.3, -0.25) is 14.3 Å². The summed E-state index contributed by atoms with van der Waals surface area (Å²) < 4.78 is 39.6. The van der Waals surface area contributed by atoms with E-state index in [2.05, 4.69) is 15.6 Å². The molecule has 10 heteroatoms. The van der Waals surface area contributed by atoms with E-state index < -0.39 is 35.4 Å². The third-order valence-corrected chi connectivity index (χ3v) is 4.32. The Morgan fingerprint density at radius 2 is 1.88 bits per heavy atom. The average Bonchev–Trinajstić information content (AvgIpc) is 3.10. The van der Waals surface area contributed by atoms with Gasteiger partial charge in [0.05, 0.1) is 11.8 Å². The molecule has 138 valence electrons. The van der Waals surface area contributed by atoms with Crippen molar-refractivity contribution in [1.29, 1.82) is 0 Å². The molecule has 1 aliphatic rings. The summed E-state index contributed by atoms with van der Waals surface area (Å²) in [7, 11) is 3.18. The highest BCUT2D eigenvalue weighted by molar-refractivity contribution is 6.08. The summed E-state index contributed by atoms with van der Waals surface area (Å²) in [6.07, 6.45) is -2.96. The molecule has 1 aromatic heterocycles. The van der Waals surface area contributed by atoms with Crippen LogP contribution in [0, 0.1) is 5.92 Å². The minimum absolute atomic E-state index is 0.200. The third-order valence-electron chi connectivity index (χ3n) is 4.32. The molecule has 0 saturated carbocycles. The SMILES string of the molecule is CN1C[C@@H](c2ccc(C(F)(F)F)cc2)[C@H](C(=O)Nc2cn(C)nn2)C1=O. The molecule has 0 radical (unpaired) electrons. The molecule has 0 unspecified atom stereocenters. The lowest BCUT2D eigenvalue weighted by molar-refractivity contribution is -0.138. The zero-order valence-electron chi connectivity index (χ0n) is 14.0. The summed E-state index contributed by atoms with van der Waals surface area (Å²) in [5.74, 6) is -2.35. The number of carbonyl (C=O) groups excluding carboxylic acids is 2. The molecular formula is C16H16F3N5O2. The Labute approximate surface area is 146 Å². The number of hydrogen-bond acceptors (Lipinski definition) is 4. The van der Waals surface area contributed by atoms with Crippen LogP contribution in [0.1, 0.15) is 17.0 Å². The fourth-order valence-electron chi connectivity index (χ4n) is 3.02. The number of benzene rings is 1. The van der Waals surface area contributed by atoms with Crippen LogP contribution in [0.3, 0.4) is 0 Å². The van der Waals surface area contributed by atoms with Crippen LogP contribution in [-0.2, 0) is 22.8 Å². The standard InChI is InChI=1S/C16H16F3N5O2/c1-23-7-11(9-3-5-10(6-4-9)16(17,18)19)13(15(23)26)14(25)20-12-8-24(2)22-21-12/h3-6,8,11,13H,7H2,1-2H3,(H,20,25)/t11-,13+/m0/s1. The highest BCUT2D eigenvalue weighted by Crippen LogP contribution is 2.36. The van der Waals surface area contributed by atoms with Gasteiger partial charge in [-0.25, -0.2) is 0 Å². The fraction of sp³-hybridized carbons (Fsp3) is 0.375. The zero-order valence-corrected chi connectivity index (χ0v) is 14.0. The van der Waals surface area contributed by atoms with Crippen molar-refractivity contribution in [1.82, 2.24) is 19.9 Å². The van der Waals surface area contributed by atoms with Gasteiger partial charge in [0.15, 0.2) is 5.82 Å². The van der Waals surface area contributed by atoms with E-state index in [4.69, 9.17) is 0 Å². The minimum atomic E-state index is -4.44. The summed E-state index contributed by atoms with van der Waals surface area (Å²) in [4.78, 5) is 26.4. The van der Waals surface area contributed by atoms with Crippen LogP contribution in [0.15, 0.2) is 30.5 Å². The average molecular weight is 367 g/mol. The summed E-state index contributed by atoms with van der Waals surface area (Å²) in [5, 5.41) is 9.96. The van der Waals surface area contributed by atoms with Crippen molar-refractivity contribution < 1.29 is 22.8 Å². The van der Waals surface area contributed by atoms with Gasteiger partial charge < -0.3 is 10.2 Å². The lowest BCUT2D eigenvalue weighted by Gasteiger charge is -2.17. The predicted octanol–water partition coefficient (Wildman–Crippen LogP) is 1.64. The van der Waals surface area contributed by atoms with Gasteiger partial charge in [0.1, 0.15) is 5.92 Å². The number of halogens is 3. The van der Waals surface area contributed by atoms with Crippen molar-refractivity contribution in [3.8, 4) is 0 Å². The Morgan fingerprint density at radius 3 is 2.42 bits per heavy atom. The lowest BCUT2D eigenvalue weighted by atomic mass is 9.87. The highest BCUT2D eigenvalue weighted by Gasteiger charge is 2.44. The van der Waals surface area contributed by atoms with E-state index in [9.17, 15) is 22.8 Å². The Bertz CT molecular complexity index is 831. The Hall–Kier alpha value is -2.91. The van der Waals surface area contributed by atoms with Crippen LogP contribution in [0.4, 0.5) is 19.0 Å². The lowest BCUT2D eigenvalue weighted by Crippen LogP contribution is -2.32. The molecule has 2 aromatic rings. The monoisotopic (exact) mass is 367 g/mol. The van der Waals surface area contributed by atoms with Crippen LogP contribution >= 0.6 is 0 Å². The van der Waals surface area contributed by atoms with Crippen molar-refractivity contribution in [2.75, 3.05) is 18.9 Å². The van der Waals surface area contributed by atoms with Crippen molar-refractivity contribution in [3.05, 3.63) is 41.6 Å². The predicted molar refractivity (Wildman–Crippen MR) is 84.9 cm³/mol. The molecule has 26 heavy (non-hydrogen) atoms. The van der Waals surface area contributed by atoms with Crippen LogP contribution < -0.4 is 5.32 Å². The van der Waals surface area contributed by atoms with E-state index >= 15 is 0 Å². The molecule has 2 heterocycles. The van der Waals surface area contributed by atoms with E-state index in [1.54, 1.807) is 14.1 Å². The molecule has 0 bridgehead atoms. The quantitative estimate of drug-likeness (QED) is 0.837. The molecule has 2 atom stereocenters. The maximum Gasteiger partial charge on any atom is 0.416 e. The van der Waals surface area contributed by atoms with Crippen molar-refractivity contribution in [2.45, 2.75) is 12.1 Å². The van der Waals surface area contributed by atoms with Crippen LogP contribution in [-0.4, -0.2) is 45.3 Å². The molecule has 0 spiro atoms. The van der Waals surface area contributed by atoms with Crippen molar-refractivity contribution >= 4 is 17.6 Å². The first kappa shape index (κ1) is 17.9. The van der Waals surface area contributed by atoms with Crippen molar-refractivity contribution in [3.63, 3.8) is 0 Å². The van der Waals surface area contributed by atoms with Crippen LogP contribution in [0.25, 0.3) is 0 Å². The maximum absolute atomic E-state index is 12.7. The minimum Gasteiger partial charge on any atom is -0.344 e. The van der Waals surface area contributed by atoms with Gasteiger partial charge in [-0.15, -0.1) is 5.10 Å². The van der Waals surface area contributed by atoms with Crippen molar-refractivity contribution in [2.24, 2.45) is 13.0 Å². The number of likely N-dealkylation sites (N-methyl/N-ethyl adjacent to an activating group) is 1. The maximum atomic E-state index is 12.7. The number of alkyl halides is 3. The van der Waals surface area contributed by atoms with Gasteiger partial charge in [0.2, 0.25) is 11.8 Å². The van der Waals surface area contributed by atoms with Gasteiger partial charge in [-0.05, 0) is 17.7 Å². The van der Waals surface area contributed by atoms with Gasteiger partial charge in [-0.1, -0.05) is 17.3 Å². The number of carbonyl (C=O) groups is 2. The molecule has 1 aliphatic heterocycles. The summed E-state index contributed by atoms with van der Waals surface area (Å²) >= 11 is 0. The number of anilines is 1. The Balaban J connectivity index is 1.85. The molecule has 7 nitrogen and oxygen atoms in total. The van der Waals surface area contributed by atoms with Gasteiger partial charge in [-0.2, -0.15) is 13.2 Å². The second-order valence-electron chi connectivity index (χ2n) is 6.19. The van der Waals surface area contributed by atoms with Gasteiger partial charge in [0, 0.05) is 26.6 Å². The number of aryl methyl sites for hydroxylation is 1. The molecule has 0 aliphatic carbocycles. The molecule has 3 rings (SSSR count). The van der Waals surface area contributed by atoms with E-state index in [1.165, 1.54) is 27.9 Å². The Morgan fingerprint density at radius 1 is 1.23 bits per heavy atom. The van der Waals surface area contributed by atoms with E-state index in [0.717, 1.165) is 12.1 Å². The number of hydrogen-bond donors (Lipinski definition) is 1. The fourth-order valence-corrected chi connectivity index (χ4v) is 3.02. The molecule has 2 amide bonds. The first-order valence-electron chi connectivity index (χ1n) is 7.76. The van der Waals surface area contributed by atoms with Crippen LogP contribution in [0.5, 0.6) is 0 Å². The summed E-state index contributed by atoms with van der Waals surface area (Å²) in [6.45, 7) is 0.239. The van der Waals surface area contributed by atoms with E-state index in [0.29, 0.717) is 5.56 Å². The number of nitrogens with zero attached hydrogens (tertiary/aromatic N) is 4. The second kappa shape index (κ2) is 6.43. The van der Waals surface area contributed by atoms with E-state index in [1.807, 2.05) is 0 Å².